The standard InChI is InChI=1S/C28H27ClN4OS/c1-33(19-22-13-7-3-8-14-22)26-18-25(29)31-28(32-26)35-20-27(34)30-24(23-15-9-4-10-16-23)17-21-11-5-2-6-12-21/h2-16,18,24H,17,19-20H2,1H3,(H,30,34). The maximum absolute atomic E-state index is 12.9. The topological polar surface area (TPSA) is 58.1 Å². The van der Waals surface area contributed by atoms with Gasteiger partial charge >= 0.3 is 0 Å². The van der Waals surface area contributed by atoms with E-state index in [-0.39, 0.29) is 17.7 Å². The Morgan fingerprint density at radius 1 is 0.914 bits per heavy atom. The number of carbonyl (C=O) groups excluding carboxylic acids is 1. The van der Waals surface area contributed by atoms with Crippen molar-refractivity contribution in [2.24, 2.45) is 0 Å². The molecule has 35 heavy (non-hydrogen) atoms. The molecule has 0 bridgehead atoms. The fourth-order valence-corrected chi connectivity index (χ4v) is 4.63. The molecule has 1 aromatic heterocycles. The number of aromatic nitrogens is 2. The van der Waals surface area contributed by atoms with Gasteiger partial charge in [-0.15, -0.1) is 0 Å². The Bertz CT molecular complexity index is 1230. The van der Waals surface area contributed by atoms with Crippen molar-refractivity contribution in [2.45, 2.75) is 24.2 Å². The van der Waals surface area contributed by atoms with Gasteiger partial charge in [0.2, 0.25) is 5.91 Å². The van der Waals surface area contributed by atoms with Gasteiger partial charge in [0.25, 0.3) is 0 Å². The summed E-state index contributed by atoms with van der Waals surface area (Å²) in [5.74, 6) is 0.825. The zero-order chi connectivity index (χ0) is 24.5. The quantitative estimate of drug-likeness (QED) is 0.165. The molecule has 0 aliphatic carbocycles. The third kappa shape index (κ3) is 7.57. The monoisotopic (exact) mass is 502 g/mol. The molecule has 5 nitrogen and oxygen atoms in total. The van der Waals surface area contributed by atoms with Crippen molar-refractivity contribution in [3.63, 3.8) is 0 Å². The van der Waals surface area contributed by atoms with Crippen molar-refractivity contribution >= 4 is 35.1 Å². The molecule has 4 aromatic rings. The molecule has 0 saturated heterocycles. The summed E-state index contributed by atoms with van der Waals surface area (Å²) in [6.45, 7) is 0.691. The van der Waals surface area contributed by atoms with Gasteiger partial charge in [-0.1, -0.05) is 114 Å². The summed E-state index contributed by atoms with van der Waals surface area (Å²) >= 11 is 7.55. The number of nitrogens with one attached hydrogen (secondary N) is 1. The van der Waals surface area contributed by atoms with Crippen molar-refractivity contribution in [1.29, 1.82) is 0 Å². The predicted molar refractivity (Wildman–Crippen MR) is 144 cm³/mol. The van der Waals surface area contributed by atoms with Crippen LogP contribution in [0.25, 0.3) is 0 Å². The van der Waals surface area contributed by atoms with Gasteiger partial charge < -0.3 is 10.2 Å². The molecule has 0 spiro atoms. The van der Waals surface area contributed by atoms with Crippen LogP contribution in [-0.4, -0.2) is 28.7 Å². The summed E-state index contributed by atoms with van der Waals surface area (Å²) in [5.41, 5.74) is 3.40. The smallest absolute Gasteiger partial charge is 0.230 e. The number of carbonyl (C=O) groups is 1. The predicted octanol–water partition coefficient (Wildman–Crippen LogP) is 5.96. The van der Waals surface area contributed by atoms with E-state index in [4.69, 9.17) is 11.6 Å². The average Bonchev–Trinajstić information content (AvgIpc) is 2.88. The number of benzene rings is 3. The highest BCUT2D eigenvalue weighted by atomic mass is 35.5. The maximum Gasteiger partial charge on any atom is 0.230 e. The van der Waals surface area contributed by atoms with Crippen LogP contribution in [0, 0.1) is 0 Å². The number of amides is 1. The summed E-state index contributed by atoms with van der Waals surface area (Å²) < 4.78 is 0. The molecule has 1 atom stereocenters. The molecule has 0 saturated carbocycles. The van der Waals surface area contributed by atoms with Gasteiger partial charge in [0.15, 0.2) is 5.16 Å². The first-order valence-corrected chi connectivity index (χ1v) is 12.7. The Morgan fingerprint density at radius 2 is 1.51 bits per heavy atom. The van der Waals surface area contributed by atoms with Crippen LogP contribution in [0.15, 0.2) is 102 Å². The molecule has 3 aromatic carbocycles. The van der Waals surface area contributed by atoms with Gasteiger partial charge in [-0.05, 0) is 23.1 Å². The van der Waals surface area contributed by atoms with Crippen LogP contribution in [-0.2, 0) is 17.8 Å². The summed E-state index contributed by atoms with van der Waals surface area (Å²) in [6, 6.07) is 31.9. The SMILES string of the molecule is CN(Cc1ccccc1)c1cc(Cl)nc(SCC(=O)NC(Cc2ccccc2)c2ccccc2)n1. The lowest BCUT2D eigenvalue weighted by Crippen LogP contribution is -2.31. The fourth-order valence-electron chi connectivity index (χ4n) is 3.74. The van der Waals surface area contributed by atoms with Crippen LogP contribution in [0.4, 0.5) is 5.82 Å². The number of hydrogen-bond acceptors (Lipinski definition) is 5. The van der Waals surface area contributed by atoms with Crippen LogP contribution in [0.2, 0.25) is 5.15 Å². The van der Waals surface area contributed by atoms with Crippen molar-refractivity contribution < 1.29 is 4.79 Å². The van der Waals surface area contributed by atoms with Crippen LogP contribution < -0.4 is 10.2 Å². The molecule has 7 heteroatoms. The van der Waals surface area contributed by atoms with E-state index in [1.54, 1.807) is 6.07 Å². The van der Waals surface area contributed by atoms with Gasteiger partial charge in [-0.25, -0.2) is 9.97 Å². The Hall–Kier alpha value is -3.35. The lowest BCUT2D eigenvalue weighted by Gasteiger charge is -2.20. The Morgan fingerprint density at radius 3 is 2.17 bits per heavy atom. The highest BCUT2D eigenvalue weighted by Crippen LogP contribution is 2.23. The third-order valence-corrected chi connectivity index (χ3v) is 6.51. The first-order chi connectivity index (χ1) is 17.1. The minimum absolute atomic E-state index is 0.0810. The number of nitrogens with zero attached hydrogens (tertiary/aromatic N) is 3. The minimum Gasteiger partial charge on any atom is -0.355 e. The van der Waals surface area contributed by atoms with E-state index in [1.807, 2.05) is 78.7 Å². The van der Waals surface area contributed by atoms with Crippen molar-refractivity contribution in [1.82, 2.24) is 15.3 Å². The van der Waals surface area contributed by atoms with Crippen LogP contribution >= 0.6 is 23.4 Å². The Balaban J connectivity index is 1.40. The van der Waals surface area contributed by atoms with Gasteiger partial charge in [-0.2, -0.15) is 0 Å². The lowest BCUT2D eigenvalue weighted by molar-refractivity contribution is -0.119. The molecule has 0 aliphatic rings. The number of thioether (sulfide) groups is 1. The highest BCUT2D eigenvalue weighted by Gasteiger charge is 2.17. The second-order valence-electron chi connectivity index (χ2n) is 8.18. The van der Waals surface area contributed by atoms with Gasteiger partial charge in [0.1, 0.15) is 11.0 Å². The first kappa shape index (κ1) is 24.8. The summed E-state index contributed by atoms with van der Waals surface area (Å²) in [4.78, 5) is 23.8. The number of rotatable bonds is 10. The maximum atomic E-state index is 12.9. The molecule has 1 N–H and O–H groups in total. The van der Waals surface area contributed by atoms with E-state index in [0.717, 1.165) is 5.56 Å². The molecule has 0 radical (unpaired) electrons. The molecule has 4 rings (SSSR count). The largest absolute Gasteiger partial charge is 0.355 e. The molecule has 1 amide bonds. The second kappa shape index (κ2) is 12.4. The molecule has 1 heterocycles. The fraction of sp³-hybridized carbons (Fsp3) is 0.179. The molecule has 0 fully saturated rings. The van der Waals surface area contributed by atoms with E-state index < -0.39 is 0 Å². The van der Waals surface area contributed by atoms with Gasteiger partial charge in [0, 0.05) is 19.7 Å². The average molecular weight is 503 g/mol. The van der Waals surface area contributed by atoms with E-state index in [2.05, 4.69) is 39.6 Å². The van der Waals surface area contributed by atoms with Crippen molar-refractivity contribution in [3.8, 4) is 0 Å². The van der Waals surface area contributed by atoms with Crippen LogP contribution in [0.3, 0.4) is 0 Å². The number of anilines is 1. The molecule has 178 valence electrons. The van der Waals surface area contributed by atoms with Gasteiger partial charge in [-0.3, -0.25) is 4.79 Å². The zero-order valence-electron chi connectivity index (χ0n) is 19.5. The Labute approximate surface area is 215 Å². The second-order valence-corrected chi connectivity index (χ2v) is 9.51. The lowest BCUT2D eigenvalue weighted by atomic mass is 9.99. The molecule has 1 unspecified atom stereocenters. The third-order valence-electron chi connectivity index (χ3n) is 5.47. The van der Waals surface area contributed by atoms with Crippen LogP contribution in [0.1, 0.15) is 22.7 Å². The first-order valence-electron chi connectivity index (χ1n) is 11.4. The molecular weight excluding hydrogens is 476 g/mol. The summed E-state index contributed by atoms with van der Waals surface area (Å²) in [5, 5.41) is 4.00. The number of halogens is 1. The number of hydrogen-bond donors (Lipinski definition) is 1. The van der Waals surface area contributed by atoms with Crippen molar-refractivity contribution in [3.05, 3.63) is 119 Å². The van der Waals surface area contributed by atoms with Crippen molar-refractivity contribution in [2.75, 3.05) is 17.7 Å². The van der Waals surface area contributed by atoms with E-state index in [9.17, 15) is 4.79 Å². The van der Waals surface area contributed by atoms with E-state index >= 15 is 0 Å². The summed E-state index contributed by atoms with van der Waals surface area (Å²) in [6.07, 6.45) is 0.712. The molecule has 0 aliphatic heterocycles. The Kier molecular flexibility index (Phi) is 8.76. The van der Waals surface area contributed by atoms with E-state index in [1.165, 1.54) is 22.9 Å². The highest BCUT2D eigenvalue weighted by molar-refractivity contribution is 7.99. The van der Waals surface area contributed by atoms with Gasteiger partial charge in [0.05, 0.1) is 11.8 Å². The molecular formula is C28H27ClN4OS. The van der Waals surface area contributed by atoms with Crippen LogP contribution in [0.5, 0.6) is 0 Å². The zero-order valence-corrected chi connectivity index (χ0v) is 21.0. The minimum atomic E-state index is -0.125. The normalized spacial score (nSPS) is 11.6. The van der Waals surface area contributed by atoms with E-state index in [0.29, 0.717) is 29.1 Å². The summed E-state index contributed by atoms with van der Waals surface area (Å²) in [7, 11) is 1.96.